The molecule has 2 fully saturated rings. The van der Waals surface area contributed by atoms with Gasteiger partial charge < -0.3 is 15.1 Å². The van der Waals surface area contributed by atoms with Crippen molar-refractivity contribution in [2.45, 2.75) is 49.7 Å². The number of fused-ring (bicyclic) bond motifs is 1. The monoisotopic (exact) mass is 531 g/mol. The lowest BCUT2D eigenvalue weighted by molar-refractivity contribution is -0.137. The van der Waals surface area contributed by atoms with E-state index in [1.807, 2.05) is 25.2 Å². The van der Waals surface area contributed by atoms with Crippen molar-refractivity contribution >= 4 is 29.7 Å². The number of benzene rings is 2. The van der Waals surface area contributed by atoms with Crippen LogP contribution in [0.4, 0.5) is 13.2 Å². The third kappa shape index (κ3) is 7.38. The van der Waals surface area contributed by atoms with Gasteiger partial charge in [0.15, 0.2) is 0 Å². The molecule has 2 unspecified atom stereocenters. The lowest BCUT2D eigenvalue weighted by Crippen LogP contribution is -2.54. The van der Waals surface area contributed by atoms with Gasteiger partial charge in [0, 0.05) is 30.9 Å². The average molecular weight is 532 g/mol. The van der Waals surface area contributed by atoms with Crippen molar-refractivity contribution in [3.63, 3.8) is 0 Å². The largest absolute Gasteiger partial charge is 0.416 e. The number of amides is 2. The first-order chi connectivity index (χ1) is 17.7. The number of halogens is 3. The predicted molar refractivity (Wildman–Crippen MR) is 141 cm³/mol. The number of rotatable bonds is 8. The van der Waals surface area contributed by atoms with E-state index in [9.17, 15) is 22.8 Å². The molecule has 0 spiro atoms. The molecular weight excluding hydrogens is 499 g/mol. The van der Waals surface area contributed by atoms with Crippen LogP contribution < -0.4 is 5.32 Å². The minimum atomic E-state index is -4.41. The summed E-state index contributed by atoms with van der Waals surface area (Å²) in [7, 11) is 2.00. The van der Waals surface area contributed by atoms with Gasteiger partial charge in [-0.3, -0.25) is 9.59 Å². The molecule has 1 saturated heterocycles. The van der Waals surface area contributed by atoms with Crippen molar-refractivity contribution in [1.82, 2.24) is 15.1 Å². The Hall–Kier alpha value is -2.78. The minimum Gasteiger partial charge on any atom is -0.353 e. The molecule has 0 bridgehead atoms. The number of alkyl halides is 3. The molecule has 198 valence electrons. The van der Waals surface area contributed by atoms with E-state index in [4.69, 9.17) is 0 Å². The fourth-order valence-corrected chi connectivity index (χ4v) is 6.33. The summed E-state index contributed by atoms with van der Waals surface area (Å²) in [5.41, 5.74) is 1.00. The Labute approximate surface area is 220 Å². The van der Waals surface area contributed by atoms with Gasteiger partial charge in [0.1, 0.15) is 6.54 Å². The van der Waals surface area contributed by atoms with Crippen LogP contribution in [-0.4, -0.2) is 59.6 Å². The van der Waals surface area contributed by atoms with Gasteiger partial charge in [0.05, 0.1) is 10.5 Å². The molecule has 37 heavy (non-hydrogen) atoms. The summed E-state index contributed by atoms with van der Waals surface area (Å²) in [6, 6.07) is 14.9. The Morgan fingerprint density at radius 1 is 1.11 bits per heavy atom. The van der Waals surface area contributed by atoms with Crippen molar-refractivity contribution in [3.05, 3.63) is 76.2 Å². The fraction of sp³-hybridized carbons (Fsp3) is 0.429. The molecule has 1 aliphatic carbocycles. The molecule has 1 N–H and O–H groups in total. The molecule has 9 heteroatoms. The first-order valence-electron chi connectivity index (χ1n) is 12.6. The standard InChI is InChI=1S/C28H32F3N3O2S/c1-33(18-21-7-3-2-4-8-21)16-15-32-26(35)19-34-23-9-5-6-10-24(23)37-25(27(34)36)17-20-11-13-22(14-12-20)28(29,30)31/h2-4,7-8,11-14,17,23-24H,5-6,9-10,15-16,18-19H2,1H3,(H,32,35)/b25-17-. The van der Waals surface area contributed by atoms with Crippen LogP contribution in [0, 0.1) is 0 Å². The van der Waals surface area contributed by atoms with Crippen molar-refractivity contribution in [2.24, 2.45) is 0 Å². The number of carbonyl (C=O) groups is 2. The topological polar surface area (TPSA) is 52.7 Å². The second-order valence-electron chi connectivity index (χ2n) is 9.64. The molecule has 0 radical (unpaired) electrons. The second-order valence-corrected chi connectivity index (χ2v) is 10.9. The Morgan fingerprint density at radius 2 is 1.81 bits per heavy atom. The van der Waals surface area contributed by atoms with Crippen molar-refractivity contribution in [3.8, 4) is 0 Å². The van der Waals surface area contributed by atoms with Gasteiger partial charge in [-0.05, 0) is 49.2 Å². The molecular formula is C28H32F3N3O2S. The quantitative estimate of drug-likeness (QED) is 0.477. The molecule has 4 rings (SSSR count). The molecule has 2 aliphatic rings. The van der Waals surface area contributed by atoms with Crippen LogP contribution in [0.5, 0.6) is 0 Å². The highest BCUT2D eigenvalue weighted by molar-refractivity contribution is 8.04. The van der Waals surface area contributed by atoms with E-state index in [0.29, 0.717) is 23.6 Å². The molecule has 2 atom stereocenters. The number of nitrogens with zero attached hydrogens (tertiary/aromatic N) is 2. The van der Waals surface area contributed by atoms with Gasteiger partial charge in [-0.2, -0.15) is 13.2 Å². The van der Waals surface area contributed by atoms with E-state index in [0.717, 1.165) is 44.4 Å². The number of thioether (sulfide) groups is 1. The zero-order valence-corrected chi connectivity index (χ0v) is 21.7. The van der Waals surface area contributed by atoms with Crippen LogP contribution in [0.1, 0.15) is 42.4 Å². The van der Waals surface area contributed by atoms with Gasteiger partial charge in [0.25, 0.3) is 5.91 Å². The van der Waals surface area contributed by atoms with Crippen LogP contribution in [0.3, 0.4) is 0 Å². The summed E-state index contributed by atoms with van der Waals surface area (Å²) in [5.74, 6) is -0.434. The Morgan fingerprint density at radius 3 is 2.51 bits per heavy atom. The van der Waals surface area contributed by atoms with E-state index in [2.05, 4.69) is 22.3 Å². The van der Waals surface area contributed by atoms with Crippen LogP contribution in [0.15, 0.2) is 59.5 Å². The lowest BCUT2D eigenvalue weighted by Gasteiger charge is -2.43. The summed E-state index contributed by atoms with van der Waals surface area (Å²) < 4.78 is 38.7. The maximum Gasteiger partial charge on any atom is 0.416 e. The second kappa shape index (κ2) is 12.2. The predicted octanol–water partition coefficient (Wildman–Crippen LogP) is 5.18. The smallest absolute Gasteiger partial charge is 0.353 e. The number of likely N-dealkylation sites (N-methyl/N-ethyl adjacent to an activating group) is 1. The van der Waals surface area contributed by atoms with Gasteiger partial charge in [-0.1, -0.05) is 55.3 Å². The normalized spacial score (nSPS) is 21.3. The third-order valence-corrected chi connectivity index (χ3v) is 8.18. The molecule has 2 aromatic rings. The van der Waals surface area contributed by atoms with Crippen LogP contribution in [0.2, 0.25) is 0 Å². The fourth-order valence-electron chi connectivity index (χ4n) is 4.85. The van der Waals surface area contributed by atoms with Crippen molar-refractivity contribution in [1.29, 1.82) is 0 Å². The van der Waals surface area contributed by atoms with E-state index < -0.39 is 11.7 Å². The van der Waals surface area contributed by atoms with E-state index in [1.54, 1.807) is 11.0 Å². The summed E-state index contributed by atoms with van der Waals surface area (Å²) in [5, 5.41) is 3.12. The summed E-state index contributed by atoms with van der Waals surface area (Å²) in [6.07, 6.45) is 1.09. The van der Waals surface area contributed by atoms with Gasteiger partial charge in [-0.15, -0.1) is 11.8 Å². The van der Waals surface area contributed by atoms with E-state index >= 15 is 0 Å². The summed E-state index contributed by atoms with van der Waals surface area (Å²) in [6.45, 7) is 1.91. The van der Waals surface area contributed by atoms with E-state index in [-0.39, 0.29) is 29.7 Å². The van der Waals surface area contributed by atoms with E-state index in [1.165, 1.54) is 29.5 Å². The highest BCUT2D eigenvalue weighted by Crippen LogP contribution is 2.42. The van der Waals surface area contributed by atoms with Crippen molar-refractivity contribution in [2.75, 3.05) is 26.7 Å². The van der Waals surface area contributed by atoms with Gasteiger partial charge in [0.2, 0.25) is 5.91 Å². The average Bonchev–Trinajstić information content (AvgIpc) is 2.87. The number of hydrogen-bond acceptors (Lipinski definition) is 4. The minimum absolute atomic E-state index is 0.0116. The number of hydrogen-bond donors (Lipinski definition) is 1. The zero-order valence-electron chi connectivity index (χ0n) is 20.8. The molecule has 1 saturated carbocycles. The van der Waals surface area contributed by atoms with Gasteiger partial charge >= 0.3 is 6.18 Å². The maximum atomic E-state index is 13.4. The number of carbonyl (C=O) groups excluding carboxylic acids is 2. The van der Waals surface area contributed by atoms with Crippen LogP contribution >= 0.6 is 11.8 Å². The molecule has 1 aliphatic heterocycles. The molecule has 1 heterocycles. The zero-order chi connectivity index (χ0) is 26.4. The molecule has 0 aromatic heterocycles. The maximum absolute atomic E-state index is 13.4. The van der Waals surface area contributed by atoms with Crippen LogP contribution in [-0.2, 0) is 22.3 Å². The Kier molecular flexibility index (Phi) is 8.97. The number of nitrogens with one attached hydrogen (secondary N) is 1. The Balaban J connectivity index is 1.38. The van der Waals surface area contributed by atoms with Gasteiger partial charge in [-0.25, -0.2) is 0 Å². The highest BCUT2D eigenvalue weighted by atomic mass is 32.2. The highest BCUT2D eigenvalue weighted by Gasteiger charge is 2.41. The van der Waals surface area contributed by atoms with Crippen LogP contribution in [0.25, 0.3) is 6.08 Å². The van der Waals surface area contributed by atoms with Crippen molar-refractivity contribution < 1.29 is 22.8 Å². The molecule has 2 aromatic carbocycles. The first-order valence-corrected chi connectivity index (χ1v) is 13.4. The third-order valence-electron chi connectivity index (χ3n) is 6.78. The summed E-state index contributed by atoms with van der Waals surface area (Å²) in [4.78, 5) is 30.5. The summed E-state index contributed by atoms with van der Waals surface area (Å²) >= 11 is 1.49. The molecule has 5 nitrogen and oxygen atoms in total. The molecule has 2 amide bonds. The lowest BCUT2D eigenvalue weighted by atomic mass is 9.93. The SMILES string of the molecule is CN(CCNC(=O)CN1C(=O)/C(=C/c2ccc(C(F)(F)F)cc2)SC2CCCCC21)Cc1ccccc1. The first kappa shape index (κ1) is 27.3. The Bertz CT molecular complexity index is 1110.